The third kappa shape index (κ3) is 8.25. The van der Waals surface area contributed by atoms with Crippen molar-refractivity contribution >= 4 is 96.3 Å². The molecule has 4 aliphatic rings. The molecule has 8 heteroatoms. The first-order valence-electron chi connectivity index (χ1n) is 24.6. The molecule has 0 aromatic heterocycles. The van der Waals surface area contributed by atoms with Gasteiger partial charge in [0.05, 0.1) is 6.61 Å². The highest BCUT2D eigenvalue weighted by atomic mass is 16.7. The van der Waals surface area contributed by atoms with E-state index in [1.807, 2.05) is 34.6 Å². The summed E-state index contributed by atoms with van der Waals surface area (Å²) in [5.41, 5.74) is 14.7. The van der Waals surface area contributed by atoms with Gasteiger partial charge in [0.15, 0.2) is 6.61 Å². The van der Waals surface area contributed by atoms with E-state index in [4.69, 9.17) is 22.7 Å². The number of nitrogens with zero attached hydrogens (tertiary/aromatic N) is 1. The number of carbonyl (C=O) groups is 2. The lowest BCUT2D eigenvalue weighted by Gasteiger charge is -2.34. The number of anilines is 1. The topological polar surface area (TPSA) is 89.1 Å². The Morgan fingerprint density at radius 3 is 2.03 bits per heavy atom. The maximum atomic E-state index is 11.8. The van der Waals surface area contributed by atoms with Crippen LogP contribution in [0.15, 0.2) is 66.8 Å². The third-order valence-corrected chi connectivity index (χ3v) is 14.4. The smallest absolute Gasteiger partial charge is 0.334 e. The van der Waals surface area contributed by atoms with E-state index < -0.39 is 0 Å². The highest BCUT2D eigenvalue weighted by Gasteiger charge is 2.36. The highest BCUT2D eigenvalue weighted by Crippen LogP contribution is 2.57. The van der Waals surface area contributed by atoms with Crippen LogP contribution >= 0.6 is 0 Å². The number of esters is 1. The summed E-state index contributed by atoms with van der Waals surface area (Å²) in [5.74, 6) is 0.773. The standard InChI is InChI=1S/C52H51N3O3.C5H10O2.C2H6/c1-28(2)26-54-40(32-10-13-38(14-11-32)55-19-16-31(17-20-55)18-21-57-41(56)27-58-53-5)25-37-24-36-23-34-9-7-6-8-33-22-35-12-15-39-44(37)51-48(36)46(34)43-30(4)29(3)42-45(33)47(35)49(39)52(51)50(42)43;1-5(2,3)7-4-6;1-2/h6-15,24,28,31,40,53-54H,3-4,16-23,25-27H2,1-2,5H3;4H,1-3H3;1-2H3. The Balaban J connectivity index is 0.000000575. The molecule has 2 N–H and O–H groups in total. The van der Waals surface area contributed by atoms with E-state index in [-0.39, 0.29) is 24.2 Å². The van der Waals surface area contributed by atoms with Crippen LogP contribution in [0.4, 0.5) is 5.69 Å². The van der Waals surface area contributed by atoms with Crippen LogP contribution in [-0.4, -0.2) is 57.9 Å². The van der Waals surface area contributed by atoms with Crippen LogP contribution in [0, 0.1) is 11.8 Å². The summed E-state index contributed by atoms with van der Waals surface area (Å²) in [7, 11) is 1.64. The Morgan fingerprint density at radius 2 is 1.43 bits per heavy atom. The van der Waals surface area contributed by atoms with Crippen LogP contribution in [-0.2, 0) is 43.2 Å². The summed E-state index contributed by atoms with van der Waals surface area (Å²) in [6.45, 7) is 27.4. The monoisotopic (exact) mass is 898 g/mol. The van der Waals surface area contributed by atoms with Gasteiger partial charge < -0.3 is 19.7 Å². The summed E-state index contributed by atoms with van der Waals surface area (Å²) >= 11 is 0. The molecule has 1 heterocycles. The number of rotatable bonds is 14. The summed E-state index contributed by atoms with van der Waals surface area (Å²) in [6, 6.07) is 17.0. The minimum Gasteiger partial charge on any atom is -0.464 e. The fourth-order valence-corrected chi connectivity index (χ4v) is 11.5. The van der Waals surface area contributed by atoms with Crippen LogP contribution < -0.4 is 26.1 Å². The van der Waals surface area contributed by atoms with E-state index in [9.17, 15) is 9.59 Å². The fraction of sp³-hybridized carbons (Fsp3) is 0.390. The number of allylic oxidation sites excluding steroid dienone is 6. The molecule has 0 spiro atoms. The summed E-state index contributed by atoms with van der Waals surface area (Å²) in [5, 5.41) is 20.4. The Bertz CT molecular complexity index is 3130. The number of hydroxylamine groups is 1. The molecule has 1 saturated heterocycles. The lowest BCUT2D eigenvalue weighted by atomic mass is 9.88. The molecule has 0 saturated carbocycles. The number of nitrogens with one attached hydrogen (secondary N) is 2. The second kappa shape index (κ2) is 18.7. The number of fused-ring (bicyclic) bond motifs is 1. The maximum absolute atomic E-state index is 11.8. The molecule has 67 heavy (non-hydrogen) atoms. The molecule has 1 fully saturated rings. The number of hydrogen-bond acceptors (Lipinski definition) is 8. The van der Waals surface area contributed by atoms with E-state index in [0.717, 1.165) is 68.6 Å². The maximum Gasteiger partial charge on any atom is 0.334 e. The molecular formula is C59H67N3O5. The molecule has 7 aromatic rings. The first kappa shape index (κ1) is 46.3. The van der Waals surface area contributed by atoms with Gasteiger partial charge in [-0.3, -0.25) is 9.63 Å². The number of piperidine rings is 1. The van der Waals surface area contributed by atoms with Crippen molar-refractivity contribution in [3.05, 3.63) is 111 Å². The van der Waals surface area contributed by atoms with Gasteiger partial charge in [-0.15, -0.1) is 0 Å². The molecule has 0 radical (unpaired) electrons. The molecule has 1 unspecified atom stereocenters. The summed E-state index contributed by atoms with van der Waals surface area (Å²) < 4.78 is 9.92. The van der Waals surface area contributed by atoms with E-state index in [1.54, 1.807) is 7.05 Å². The first-order valence-corrected chi connectivity index (χ1v) is 24.6. The zero-order valence-electron chi connectivity index (χ0n) is 40.8. The summed E-state index contributed by atoms with van der Waals surface area (Å²) in [6.07, 6.45) is 15.1. The first-order chi connectivity index (χ1) is 32.4. The number of benzene rings is 5. The molecule has 1 aliphatic heterocycles. The van der Waals surface area contributed by atoms with Crippen molar-refractivity contribution in [2.45, 2.75) is 98.6 Å². The van der Waals surface area contributed by atoms with Gasteiger partial charge in [-0.2, -0.15) is 0 Å². The number of carbonyl (C=O) groups excluding carboxylic acids is 2. The van der Waals surface area contributed by atoms with Crippen molar-refractivity contribution in [1.29, 1.82) is 0 Å². The fourth-order valence-electron chi connectivity index (χ4n) is 11.5. The third-order valence-electron chi connectivity index (χ3n) is 14.4. The number of ether oxygens (including phenoxy) is 2. The minimum absolute atomic E-state index is 0.0653. The van der Waals surface area contributed by atoms with Gasteiger partial charge in [0, 0.05) is 31.9 Å². The highest BCUT2D eigenvalue weighted by molar-refractivity contribution is 6.48. The zero-order valence-corrected chi connectivity index (χ0v) is 40.8. The van der Waals surface area contributed by atoms with E-state index in [1.165, 1.54) is 104 Å². The van der Waals surface area contributed by atoms with Crippen LogP contribution in [0.2, 0.25) is 0 Å². The molecular weight excluding hydrogens is 831 g/mol. The Hall–Kier alpha value is -5.80. The SMILES string of the molecule is C=c1c(=C)c2c3c4c5cc(CC(NCC(C)C)c6ccc(N7CCC(CCOC(=O)CONC)CC7)cc6)c6c7ccc8c9c(c1c2c(c97)c46)C(=CC=CC=C3C5)C8.CC.CC(C)(C)OC=O. The van der Waals surface area contributed by atoms with Gasteiger partial charge >= 0.3 is 5.97 Å². The molecule has 1 atom stereocenters. The molecule has 7 aromatic carbocycles. The molecule has 3 aliphatic carbocycles. The predicted molar refractivity (Wildman–Crippen MR) is 280 cm³/mol. The number of hydrogen-bond donors (Lipinski definition) is 2. The Labute approximate surface area is 395 Å². The van der Waals surface area contributed by atoms with Crippen LogP contribution in [0.1, 0.15) is 107 Å². The van der Waals surface area contributed by atoms with Crippen LogP contribution in [0.5, 0.6) is 0 Å². The van der Waals surface area contributed by atoms with Crippen molar-refractivity contribution in [2.24, 2.45) is 11.8 Å². The molecule has 0 amide bonds. The van der Waals surface area contributed by atoms with Crippen molar-refractivity contribution in [2.75, 3.05) is 44.8 Å². The van der Waals surface area contributed by atoms with E-state index >= 15 is 0 Å². The van der Waals surface area contributed by atoms with Crippen LogP contribution in [0.25, 0.3) is 78.2 Å². The van der Waals surface area contributed by atoms with Crippen LogP contribution in [0.3, 0.4) is 0 Å². The normalized spacial score (nSPS) is 15.9. The van der Waals surface area contributed by atoms with Gasteiger partial charge in [-0.05, 0) is 199 Å². The predicted octanol–water partition coefficient (Wildman–Crippen LogP) is 10.8. The van der Waals surface area contributed by atoms with Gasteiger partial charge in [-0.25, -0.2) is 10.3 Å². The van der Waals surface area contributed by atoms with Crippen molar-refractivity contribution in [3.8, 4) is 0 Å². The average Bonchev–Trinajstić information content (AvgIpc) is 4.04. The second-order valence-corrected chi connectivity index (χ2v) is 20.1. The van der Waals surface area contributed by atoms with Gasteiger partial charge in [-0.1, -0.05) is 95.5 Å². The Morgan fingerprint density at radius 1 is 0.821 bits per heavy atom. The van der Waals surface area contributed by atoms with Gasteiger partial charge in [0.25, 0.3) is 6.47 Å². The molecule has 8 nitrogen and oxygen atoms in total. The second-order valence-electron chi connectivity index (χ2n) is 20.1. The minimum atomic E-state index is -0.324. The van der Waals surface area contributed by atoms with Gasteiger partial charge in [0.1, 0.15) is 5.60 Å². The van der Waals surface area contributed by atoms with E-state index in [0.29, 0.717) is 24.9 Å². The Kier molecular flexibility index (Phi) is 12.9. The lowest BCUT2D eigenvalue weighted by Crippen LogP contribution is -2.34. The largest absolute Gasteiger partial charge is 0.464 e. The quantitative estimate of drug-likeness (QED) is 0.0483. The zero-order chi connectivity index (χ0) is 47.3. The lowest BCUT2D eigenvalue weighted by molar-refractivity contribution is -0.151. The molecule has 5 bridgehead atoms. The summed E-state index contributed by atoms with van der Waals surface area (Å²) in [4.78, 5) is 28.9. The van der Waals surface area contributed by atoms with E-state index in [2.05, 4.69) is 101 Å². The molecule has 11 rings (SSSR count). The average molecular weight is 898 g/mol. The van der Waals surface area contributed by atoms with Crippen molar-refractivity contribution in [3.63, 3.8) is 0 Å². The van der Waals surface area contributed by atoms with Gasteiger partial charge in [0.2, 0.25) is 0 Å². The van der Waals surface area contributed by atoms with Crippen molar-refractivity contribution in [1.82, 2.24) is 10.8 Å². The molecule has 348 valence electrons. The van der Waals surface area contributed by atoms with Crippen molar-refractivity contribution < 1.29 is 23.9 Å².